The van der Waals surface area contributed by atoms with Crippen LogP contribution in [0, 0.1) is 23.2 Å². The van der Waals surface area contributed by atoms with Gasteiger partial charge in [0, 0.05) is 19.3 Å². The number of nitrogens with one attached hydrogen (secondary N) is 1. The van der Waals surface area contributed by atoms with Crippen LogP contribution in [-0.2, 0) is 4.74 Å². The van der Waals surface area contributed by atoms with Crippen molar-refractivity contribution in [1.29, 1.82) is 5.26 Å². The van der Waals surface area contributed by atoms with Gasteiger partial charge in [-0.2, -0.15) is 5.26 Å². The SMILES string of the molecule is CCC(C#N)C(NC)C1CCOCC1. The third kappa shape index (κ3) is 2.70. The molecular formula is C11H20N2O. The van der Waals surface area contributed by atoms with E-state index in [9.17, 15) is 0 Å². The van der Waals surface area contributed by atoms with Gasteiger partial charge in [-0.05, 0) is 32.2 Å². The van der Waals surface area contributed by atoms with Crippen molar-refractivity contribution in [2.24, 2.45) is 11.8 Å². The van der Waals surface area contributed by atoms with Gasteiger partial charge in [0.2, 0.25) is 0 Å². The summed E-state index contributed by atoms with van der Waals surface area (Å²) in [5.41, 5.74) is 0. The number of ether oxygens (including phenoxy) is 1. The Bertz CT molecular complexity index is 194. The molecule has 0 aromatic heterocycles. The van der Waals surface area contributed by atoms with E-state index < -0.39 is 0 Å². The Kier molecular flexibility index (Phi) is 4.92. The van der Waals surface area contributed by atoms with Crippen LogP contribution >= 0.6 is 0 Å². The zero-order valence-electron chi connectivity index (χ0n) is 9.12. The first-order chi connectivity index (χ1) is 6.83. The molecule has 0 amide bonds. The Balaban J connectivity index is 2.55. The fourth-order valence-corrected chi connectivity index (χ4v) is 2.27. The number of nitriles is 1. The van der Waals surface area contributed by atoms with Crippen LogP contribution < -0.4 is 5.32 Å². The van der Waals surface area contributed by atoms with E-state index in [1.807, 2.05) is 7.05 Å². The molecule has 2 atom stereocenters. The second kappa shape index (κ2) is 6.00. The molecule has 1 fully saturated rings. The van der Waals surface area contributed by atoms with Crippen LogP contribution in [0.15, 0.2) is 0 Å². The quantitative estimate of drug-likeness (QED) is 0.742. The van der Waals surface area contributed by atoms with E-state index in [1.54, 1.807) is 0 Å². The highest BCUT2D eigenvalue weighted by Crippen LogP contribution is 2.24. The van der Waals surface area contributed by atoms with Crippen molar-refractivity contribution in [3.63, 3.8) is 0 Å². The highest BCUT2D eigenvalue weighted by atomic mass is 16.5. The number of hydrogen-bond acceptors (Lipinski definition) is 3. The average molecular weight is 196 g/mol. The monoisotopic (exact) mass is 196 g/mol. The minimum Gasteiger partial charge on any atom is -0.381 e. The molecule has 0 spiro atoms. The van der Waals surface area contributed by atoms with E-state index in [2.05, 4.69) is 18.3 Å². The van der Waals surface area contributed by atoms with Gasteiger partial charge in [-0.15, -0.1) is 0 Å². The first-order valence-corrected chi connectivity index (χ1v) is 5.48. The summed E-state index contributed by atoms with van der Waals surface area (Å²) >= 11 is 0. The van der Waals surface area contributed by atoms with Crippen molar-refractivity contribution < 1.29 is 4.74 Å². The number of hydrogen-bond donors (Lipinski definition) is 1. The van der Waals surface area contributed by atoms with Crippen molar-refractivity contribution in [3.8, 4) is 6.07 Å². The zero-order chi connectivity index (χ0) is 10.4. The van der Waals surface area contributed by atoms with E-state index in [-0.39, 0.29) is 5.92 Å². The average Bonchev–Trinajstić information content (AvgIpc) is 2.27. The van der Waals surface area contributed by atoms with Gasteiger partial charge in [-0.3, -0.25) is 0 Å². The lowest BCUT2D eigenvalue weighted by atomic mass is 9.83. The molecule has 14 heavy (non-hydrogen) atoms. The Labute approximate surface area is 86.4 Å². The fraction of sp³-hybridized carbons (Fsp3) is 0.909. The van der Waals surface area contributed by atoms with Crippen LogP contribution in [-0.4, -0.2) is 26.3 Å². The molecule has 1 N–H and O–H groups in total. The number of rotatable bonds is 4. The second-order valence-electron chi connectivity index (χ2n) is 3.91. The first kappa shape index (κ1) is 11.5. The summed E-state index contributed by atoms with van der Waals surface area (Å²) in [7, 11) is 1.96. The Morgan fingerprint density at radius 3 is 2.57 bits per heavy atom. The first-order valence-electron chi connectivity index (χ1n) is 5.48. The minimum atomic E-state index is 0.142. The summed E-state index contributed by atoms with van der Waals surface area (Å²) < 4.78 is 5.33. The Hall–Kier alpha value is -0.590. The minimum absolute atomic E-state index is 0.142. The van der Waals surface area contributed by atoms with Gasteiger partial charge in [0.1, 0.15) is 0 Å². The smallest absolute Gasteiger partial charge is 0.0672 e. The second-order valence-corrected chi connectivity index (χ2v) is 3.91. The lowest BCUT2D eigenvalue weighted by Crippen LogP contribution is -2.42. The van der Waals surface area contributed by atoms with Gasteiger partial charge in [0.05, 0.1) is 12.0 Å². The van der Waals surface area contributed by atoms with Crippen molar-refractivity contribution in [2.45, 2.75) is 32.2 Å². The van der Waals surface area contributed by atoms with E-state index in [4.69, 9.17) is 10.00 Å². The molecule has 0 radical (unpaired) electrons. The summed E-state index contributed by atoms with van der Waals surface area (Å²) in [5.74, 6) is 0.751. The third-order valence-electron chi connectivity index (χ3n) is 3.15. The molecule has 2 unspecified atom stereocenters. The third-order valence-corrected chi connectivity index (χ3v) is 3.15. The lowest BCUT2D eigenvalue weighted by Gasteiger charge is -2.32. The summed E-state index contributed by atoms with van der Waals surface area (Å²) in [6.45, 7) is 3.78. The molecule has 3 nitrogen and oxygen atoms in total. The van der Waals surface area contributed by atoms with Crippen LogP contribution in [0.2, 0.25) is 0 Å². The van der Waals surface area contributed by atoms with Gasteiger partial charge >= 0.3 is 0 Å². The van der Waals surface area contributed by atoms with E-state index in [0.29, 0.717) is 12.0 Å². The summed E-state index contributed by atoms with van der Waals surface area (Å²) in [5, 5.41) is 12.3. The molecule has 1 aliphatic heterocycles. The molecule has 0 saturated carbocycles. The maximum absolute atomic E-state index is 9.04. The van der Waals surface area contributed by atoms with Gasteiger partial charge in [-0.25, -0.2) is 0 Å². The summed E-state index contributed by atoms with van der Waals surface area (Å²) in [6.07, 6.45) is 3.10. The summed E-state index contributed by atoms with van der Waals surface area (Å²) in [4.78, 5) is 0. The molecule has 3 heteroatoms. The van der Waals surface area contributed by atoms with Crippen molar-refractivity contribution in [1.82, 2.24) is 5.32 Å². The maximum atomic E-state index is 9.04. The molecule has 1 aliphatic rings. The van der Waals surface area contributed by atoms with Crippen LogP contribution in [0.1, 0.15) is 26.2 Å². The van der Waals surface area contributed by atoms with Crippen LogP contribution in [0.5, 0.6) is 0 Å². The maximum Gasteiger partial charge on any atom is 0.0672 e. The highest BCUT2D eigenvalue weighted by molar-refractivity contribution is 4.94. The van der Waals surface area contributed by atoms with Crippen LogP contribution in [0.3, 0.4) is 0 Å². The van der Waals surface area contributed by atoms with Crippen LogP contribution in [0.25, 0.3) is 0 Å². The normalized spacial score (nSPS) is 22.6. The Morgan fingerprint density at radius 1 is 1.50 bits per heavy atom. The van der Waals surface area contributed by atoms with Gasteiger partial charge in [0.25, 0.3) is 0 Å². The molecule has 1 heterocycles. The van der Waals surface area contributed by atoms with Gasteiger partial charge in [-0.1, -0.05) is 6.92 Å². The molecule has 1 rings (SSSR count). The molecule has 0 bridgehead atoms. The van der Waals surface area contributed by atoms with E-state index >= 15 is 0 Å². The largest absolute Gasteiger partial charge is 0.381 e. The van der Waals surface area contributed by atoms with Gasteiger partial charge < -0.3 is 10.1 Å². The predicted molar refractivity (Wildman–Crippen MR) is 55.8 cm³/mol. The Morgan fingerprint density at radius 2 is 2.14 bits per heavy atom. The molecule has 0 aromatic rings. The summed E-state index contributed by atoms with van der Waals surface area (Å²) in [6, 6.07) is 2.74. The molecular weight excluding hydrogens is 176 g/mol. The van der Waals surface area contributed by atoms with Crippen molar-refractivity contribution in [2.75, 3.05) is 20.3 Å². The molecule has 80 valence electrons. The van der Waals surface area contributed by atoms with Gasteiger partial charge in [0.15, 0.2) is 0 Å². The highest BCUT2D eigenvalue weighted by Gasteiger charge is 2.28. The lowest BCUT2D eigenvalue weighted by molar-refractivity contribution is 0.0492. The van der Waals surface area contributed by atoms with E-state index in [0.717, 1.165) is 32.5 Å². The van der Waals surface area contributed by atoms with Crippen LogP contribution in [0.4, 0.5) is 0 Å². The number of nitrogens with zero attached hydrogens (tertiary/aromatic N) is 1. The zero-order valence-corrected chi connectivity index (χ0v) is 9.12. The van der Waals surface area contributed by atoms with Crippen molar-refractivity contribution >= 4 is 0 Å². The standard InChI is InChI=1S/C11H20N2O/c1-3-9(8-12)11(13-2)10-4-6-14-7-5-10/h9-11,13H,3-7H2,1-2H3. The predicted octanol–water partition coefficient (Wildman–Crippen LogP) is 1.55. The van der Waals surface area contributed by atoms with Crippen molar-refractivity contribution in [3.05, 3.63) is 0 Å². The van der Waals surface area contributed by atoms with E-state index in [1.165, 1.54) is 0 Å². The fourth-order valence-electron chi connectivity index (χ4n) is 2.27. The molecule has 1 saturated heterocycles. The molecule has 0 aliphatic carbocycles. The topological polar surface area (TPSA) is 45.0 Å². The molecule has 0 aromatic carbocycles.